The molecule has 0 saturated carbocycles. The van der Waals surface area contributed by atoms with E-state index >= 15 is 0 Å². The highest BCUT2D eigenvalue weighted by molar-refractivity contribution is 7.89. The van der Waals surface area contributed by atoms with Crippen LogP contribution in [-0.2, 0) is 25.7 Å². The zero-order chi connectivity index (χ0) is 21.4. The molecule has 0 bridgehead atoms. The lowest BCUT2D eigenvalue weighted by molar-refractivity contribution is -0.142. The van der Waals surface area contributed by atoms with Gasteiger partial charge in [0, 0.05) is 5.69 Å². The van der Waals surface area contributed by atoms with E-state index in [1.165, 1.54) is 12.1 Å². The Bertz CT molecular complexity index is 1040. The van der Waals surface area contributed by atoms with Crippen LogP contribution < -0.4 is 4.90 Å². The molecule has 1 aliphatic rings. The number of carbonyl (C=O) groups is 2. The van der Waals surface area contributed by atoms with E-state index in [1.807, 2.05) is 0 Å². The highest BCUT2D eigenvalue weighted by Gasteiger charge is 2.50. The number of esters is 1. The molecule has 3 rings (SSSR count). The van der Waals surface area contributed by atoms with Crippen LogP contribution in [0, 0.1) is 0 Å². The van der Waals surface area contributed by atoms with Crippen molar-refractivity contribution in [3.8, 4) is 0 Å². The minimum absolute atomic E-state index is 0.203. The van der Waals surface area contributed by atoms with Crippen LogP contribution in [0.15, 0.2) is 59.5 Å². The van der Waals surface area contributed by atoms with Crippen LogP contribution in [0.2, 0.25) is 0 Å². The fourth-order valence-electron chi connectivity index (χ4n) is 3.01. The topological polar surface area (TPSA) is 84.0 Å². The number of urea groups is 1. The van der Waals surface area contributed by atoms with Gasteiger partial charge in [0.1, 0.15) is 0 Å². The second-order valence-electron chi connectivity index (χ2n) is 6.06. The van der Waals surface area contributed by atoms with E-state index in [1.54, 1.807) is 18.2 Å². The normalized spacial score (nSPS) is 17.5. The summed E-state index contributed by atoms with van der Waals surface area (Å²) in [5.74, 6) is -0.899. The number of benzene rings is 2. The molecule has 0 aromatic heterocycles. The first-order valence-electron chi connectivity index (χ1n) is 8.24. The van der Waals surface area contributed by atoms with Crippen LogP contribution >= 0.6 is 0 Å². The van der Waals surface area contributed by atoms with E-state index in [9.17, 15) is 31.2 Å². The molecule has 2 aromatic carbocycles. The molecule has 0 spiro atoms. The summed E-state index contributed by atoms with van der Waals surface area (Å²) < 4.78 is 70.8. The highest BCUT2D eigenvalue weighted by Crippen LogP contribution is 2.37. The van der Waals surface area contributed by atoms with Gasteiger partial charge in [-0.1, -0.05) is 30.3 Å². The Morgan fingerprint density at radius 3 is 2.24 bits per heavy atom. The minimum Gasteiger partial charge on any atom is -0.467 e. The maximum Gasteiger partial charge on any atom is 0.417 e. The standard InChI is InChI=1S/C18H15F3N2O5S/c1-28-16(24)14-11-22(17(25)23(14)12-7-3-2-4-8-12)29(26,27)15-10-6-5-9-13(15)18(19,20)21/h2-10,14H,11H2,1H3. The van der Waals surface area contributed by atoms with Crippen LogP contribution in [0.3, 0.4) is 0 Å². The van der Waals surface area contributed by atoms with E-state index < -0.39 is 51.2 Å². The zero-order valence-electron chi connectivity index (χ0n) is 15.0. The van der Waals surface area contributed by atoms with Crippen molar-refractivity contribution in [2.45, 2.75) is 17.1 Å². The van der Waals surface area contributed by atoms with Crippen LogP contribution in [0.5, 0.6) is 0 Å². The van der Waals surface area contributed by atoms with Crippen LogP contribution in [0.1, 0.15) is 5.56 Å². The summed E-state index contributed by atoms with van der Waals surface area (Å²) in [7, 11) is -3.84. The van der Waals surface area contributed by atoms with Gasteiger partial charge in [-0.25, -0.2) is 22.3 Å². The third-order valence-electron chi connectivity index (χ3n) is 4.34. The third-order valence-corrected chi connectivity index (χ3v) is 6.14. The summed E-state index contributed by atoms with van der Waals surface area (Å²) in [6.07, 6.45) is -4.95. The van der Waals surface area contributed by atoms with Crippen molar-refractivity contribution in [1.29, 1.82) is 0 Å². The van der Waals surface area contributed by atoms with E-state index in [-0.39, 0.29) is 9.99 Å². The van der Waals surface area contributed by atoms with Gasteiger partial charge >= 0.3 is 18.2 Å². The Balaban J connectivity index is 2.10. The smallest absolute Gasteiger partial charge is 0.417 e. The van der Waals surface area contributed by atoms with Crippen molar-refractivity contribution in [3.63, 3.8) is 0 Å². The van der Waals surface area contributed by atoms with Crippen molar-refractivity contribution in [1.82, 2.24) is 4.31 Å². The number of nitrogens with zero attached hydrogens (tertiary/aromatic N) is 2. The highest BCUT2D eigenvalue weighted by atomic mass is 32.2. The van der Waals surface area contributed by atoms with Crippen molar-refractivity contribution in [2.75, 3.05) is 18.6 Å². The molecule has 2 aromatic rings. The molecule has 2 amide bonds. The number of hydrogen-bond acceptors (Lipinski definition) is 5. The van der Waals surface area contributed by atoms with Gasteiger partial charge in [0.2, 0.25) is 0 Å². The molecule has 1 aliphatic heterocycles. The van der Waals surface area contributed by atoms with Gasteiger partial charge in [-0.3, -0.25) is 4.90 Å². The van der Waals surface area contributed by atoms with Crippen molar-refractivity contribution >= 4 is 27.7 Å². The van der Waals surface area contributed by atoms with Crippen molar-refractivity contribution in [3.05, 3.63) is 60.2 Å². The van der Waals surface area contributed by atoms with Gasteiger partial charge in [-0.2, -0.15) is 13.2 Å². The predicted molar refractivity (Wildman–Crippen MR) is 95.5 cm³/mol. The Morgan fingerprint density at radius 2 is 1.66 bits per heavy atom. The van der Waals surface area contributed by atoms with Gasteiger partial charge in [-0.05, 0) is 24.3 Å². The third kappa shape index (κ3) is 3.65. The Kier molecular flexibility index (Phi) is 5.26. The lowest BCUT2D eigenvalue weighted by Gasteiger charge is -2.22. The molecule has 1 saturated heterocycles. The molecule has 0 aliphatic carbocycles. The van der Waals surface area contributed by atoms with E-state index in [2.05, 4.69) is 4.74 Å². The molecule has 1 heterocycles. The molecule has 29 heavy (non-hydrogen) atoms. The zero-order valence-corrected chi connectivity index (χ0v) is 15.8. The minimum atomic E-state index is -4.95. The summed E-state index contributed by atoms with van der Waals surface area (Å²) in [5, 5.41) is 0. The number of anilines is 1. The molecule has 0 N–H and O–H groups in total. The number of rotatable bonds is 4. The van der Waals surface area contributed by atoms with Crippen LogP contribution in [0.4, 0.5) is 23.7 Å². The fourth-order valence-corrected chi connectivity index (χ4v) is 4.59. The lowest BCUT2D eigenvalue weighted by Crippen LogP contribution is -2.40. The van der Waals surface area contributed by atoms with Crippen LogP contribution in [0.25, 0.3) is 0 Å². The summed E-state index contributed by atoms with van der Waals surface area (Å²) in [4.78, 5) is 24.9. The SMILES string of the molecule is COC(=O)C1CN(S(=O)(=O)c2ccccc2C(F)(F)F)C(=O)N1c1ccccc1. The number of carbonyl (C=O) groups excluding carboxylic acids is 2. The first-order valence-corrected chi connectivity index (χ1v) is 9.68. The molecular weight excluding hydrogens is 413 g/mol. The van der Waals surface area contributed by atoms with Gasteiger partial charge in [0.25, 0.3) is 10.0 Å². The molecule has 11 heteroatoms. The van der Waals surface area contributed by atoms with E-state index in [0.29, 0.717) is 6.07 Å². The van der Waals surface area contributed by atoms with Gasteiger partial charge in [0.05, 0.1) is 24.1 Å². The van der Waals surface area contributed by atoms with Gasteiger partial charge < -0.3 is 4.74 Å². The molecule has 7 nitrogen and oxygen atoms in total. The first kappa shape index (κ1) is 20.6. The summed E-state index contributed by atoms with van der Waals surface area (Å²) in [5.41, 5.74) is -1.20. The monoisotopic (exact) mass is 428 g/mol. The Morgan fingerprint density at radius 1 is 1.07 bits per heavy atom. The largest absolute Gasteiger partial charge is 0.467 e. The average Bonchev–Trinajstić information content (AvgIpc) is 3.05. The summed E-state index contributed by atoms with van der Waals surface area (Å²) >= 11 is 0. The molecule has 1 unspecified atom stereocenters. The number of methoxy groups -OCH3 is 1. The number of ether oxygens (including phenoxy) is 1. The Hall–Kier alpha value is -3.08. The molecule has 0 radical (unpaired) electrons. The van der Waals surface area contributed by atoms with Gasteiger partial charge in [0.15, 0.2) is 6.04 Å². The van der Waals surface area contributed by atoms with E-state index in [4.69, 9.17) is 0 Å². The molecular formula is C18H15F3N2O5S. The number of alkyl halides is 3. The first-order chi connectivity index (χ1) is 13.6. The van der Waals surface area contributed by atoms with Gasteiger partial charge in [-0.15, -0.1) is 0 Å². The maximum atomic E-state index is 13.3. The summed E-state index contributed by atoms with van der Waals surface area (Å²) in [6, 6.07) is 8.75. The number of halogens is 3. The Labute approximate surface area is 164 Å². The fraction of sp³-hybridized carbons (Fsp3) is 0.222. The lowest BCUT2D eigenvalue weighted by atomic mass is 10.2. The van der Waals surface area contributed by atoms with Crippen molar-refractivity contribution < 1.29 is 35.9 Å². The average molecular weight is 428 g/mol. The summed E-state index contributed by atoms with van der Waals surface area (Å²) in [6.45, 7) is -0.686. The van der Waals surface area contributed by atoms with Crippen LogP contribution in [-0.4, -0.2) is 44.4 Å². The maximum absolute atomic E-state index is 13.3. The number of hydrogen-bond donors (Lipinski definition) is 0. The van der Waals surface area contributed by atoms with E-state index in [0.717, 1.165) is 30.2 Å². The van der Waals surface area contributed by atoms with Crippen molar-refractivity contribution in [2.24, 2.45) is 0 Å². The predicted octanol–water partition coefficient (Wildman–Crippen LogP) is 2.88. The molecule has 1 atom stereocenters. The second-order valence-corrected chi connectivity index (χ2v) is 7.89. The quantitative estimate of drug-likeness (QED) is 0.700. The number of amides is 2. The molecule has 154 valence electrons. The number of para-hydroxylation sites is 1. The number of sulfonamides is 1. The second kappa shape index (κ2) is 7.39. The molecule has 1 fully saturated rings.